The average Bonchev–Trinajstić information content (AvgIpc) is 2.69. The van der Waals surface area contributed by atoms with Gasteiger partial charge in [-0.25, -0.2) is 0 Å². The minimum absolute atomic E-state index is 0.103. The topological polar surface area (TPSA) is 73.1 Å². The first-order valence-electron chi connectivity index (χ1n) is 8.16. The van der Waals surface area contributed by atoms with Crippen molar-refractivity contribution in [2.75, 3.05) is 7.05 Å². The maximum atomic E-state index is 10.1. The fourth-order valence-corrected chi connectivity index (χ4v) is 3.17. The molecule has 0 bridgehead atoms. The Morgan fingerprint density at radius 3 is 2.52 bits per heavy atom. The second-order valence-electron chi connectivity index (χ2n) is 6.20. The van der Waals surface area contributed by atoms with E-state index < -0.39 is 12.2 Å². The normalized spacial score (nSPS) is 31.5. The van der Waals surface area contributed by atoms with Crippen molar-refractivity contribution in [3.63, 3.8) is 0 Å². The number of allylic oxidation sites excluding steroid dienone is 2. The lowest BCUT2D eigenvalue weighted by Gasteiger charge is -2.23. The molecule has 0 heterocycles. The standard InChI is InChI=1S/C17H31NO3/c1-13(19)9-10-15-14(16(20)12-17(15)21)8-6-4-3-5-7-11-18-2/h4,6,11,13-17,19-21H,3,5,7-10,12H2,1-2H3/b6-4+,18-11?. The lowest BCUT2D eigenvalue weighted by Crippen LogP contribution is -2.23. The van der Waals surface area contributed by atoms with Crippen molar-refractivity contribution in [3.8, 4) is 0 Å². The molecular formula is C17H31NO3. The lowest BCUT2D eigenvalue weighted by molar-refractivity contribution is 0.0921. The number of rotatable bonds is 9. The van der Waals surface area contributed by atoms with Gasteiger partial charge in [-0.1, -0.05) is 12.2 Å². The van der Waals surface area contributed by atoms with Gasteiger partial charge in [0.15, 0.2) is 0 Å². The van der Waals surface area contributed by atoms with Crippen LogP contribution in [0.3, 0.4) is 0 Å². The highest BCUT2D eigenvalue weighted by atomic mass is 16.3. The molecule has 4 nitrogen and oxygen atoms in total. The fraction of sp³-hybridized carbons (Fsp3) is 0.824. The van der Waals surface area contributed by atoms with Gasteiger partial charge >= 0.3 is 0 Å². The SMILES string of the molecule is CN=CCCC/C=C/CC1C(O)CC(O)C1CCC(C)O. The molecule has 3 N–H and O–H groups in total. The Morgan fingerprint density at radius 1 is 1.14 bits per heavy atom. The van der Waals surface area contributed by atoms with E-state index in [4.69, 9.17) is 0 Å². The maximum absolute atomic E-state index is 10.1. The van der Waals surface area contributed by atoms with Gasteiger partial charge < -0.3 is 20.3 Å². The van der Waals surface area contributed by atoms with E-state index in [1.807, 2.05) is 6.21 Å². The summed E-state index contributed by atoms with van der Waals surface area (Å²) >= 11 is 0. The van der Waals surface area contributed by atoms with E-state index in [1.165, 1.54) is 0 Å². The Bertz CT molecular complexity index is 328. The quantitative estimate of drug-likeness (QED) is 0.347. The summed E-state index contributed by atoms with van der Waals surface area (Å²) in [5, 5.41) is 29.6. The highest BCUT2D eigenvalue weighted by Crippen LogP contribution is 2.38. The zero-order chi connectivity index (χ0) is 15.7. The Labute approximate surface area is 128 Å². The monoisotopic (exact) mass is 297 g/mol. The number of nitrogens with zero attached hydrogens (tertiary/aromatic N) is 1. The summed E-state index contributed by atoms with van der Waals surface area (Å²) in [6.07, 6.45) is 10.9. The van der Waals surface area contributed by atoms with E-state index in [-0.39, 0.29) is 17.9 Å². The lowest BCUT2D eigenvalue weighted by atomic mass is 9.86. The molecular weight excluding hydrogens is 266 g/mol. The molecule has 1 saturated carbocycles. The number of aliphatic hydroxyl groups is 3. The average molecular weight is 297 g/mol. The second-order valence-corrected chi connectivity index (χ2v) is 6.20. The molecule has 1 aliphatic rings. The smallest absolute Gasteiger partial charge is 0.0599 e. The molecule has 4 heteroatoms. The highest BCUT2D eigenvalue weighted by molar-refractivity contribution is 5.56. The molecule has 0 spiro atoms. The van der Waals surface area contributed by atoms with Crippen molar-refractivity contribution in [1.29, 1.82) is 0 Å². The zero-order valence-electron chi connectivity index (χ0n) is 13.4. The van der Waals surface area contributed by atoms with Crippen molar-refractivity contribution >= 4 is 6.21 Å². The molecule has 21 heavy (non-hydrogen) atoms. The number of aliphatic imine (C=N–C) groups is 1. The first kappa shape index (κ1) is 18.3. The van der Waals surface area contributed by atoms with Gasteiger partial charge in [-0.05, 0) is 69.9 Å². The second kappa shape index (κ2) is 10.1. The van der Waals surface area contributed by atoms with Crippen LogP contribution in [0.4, 0.5) is 0 Å². The number of unbranched alkanes of at least 4 members (excludes halogenated alkanes) is 2. The van der Waals surface area contributed by atoms with Crippen molar-refractivity contribution in [2.24, 2.45) is 16.8 Å². The van der Waals surface area contributed by atoms with Crippen LogP contribution < -0.4 is 0 Å². The number of hydrogen-bond acceptors (Lipinski definition) is 4. The third kappa shape index (κ3) is 6.72. The largest absolute Gasteiger partial charge is 0.393 e. The van der Waals surface area contributed by atoms with Crippen molar-refractivity contribution in [2.45, 2.75) is 70.2 Å². The molecule has 0 aromatic rings. The molecule has 122 valence electrons. The summed E-state index contributed by atoms with van der Waals surface area (Å²) in [4.78, 5) is 3.95. The molecule has 1 aliphatic carbocycles. The number of hydrogen-bond donors (Lipinski definition) is 3. The van der Waals surface area contributed by atoms with E-state index in [9.17, 15) is 15.3 Å². The van der Waals surface area contributed by atoms with Crippen LogP contribution in [0, 0.1) is 11.8 Å². The summed E-state index contributed by atoms with van der Waals surface area (Å²) in [7, 11) is 1.79. The first-order valence-corrected chi connectivity index (χ1v) is 8.16. The van der Waals surface area contributed by atoms with Crippen LogP contribution in [0.5, 0.6) is 0 Å². The highest BCUT2D eigenvalue weighted by Gasteiger charge is 2.40. The van der Waals surface area contributed by atoms with Crippen LogP contribution >= 0.6 is 0 Å². The predicted octanol–water partition coefficient (Wildman–Crippen LogP) is 2.32. The van der Waals surface area contributed by atoms with Gasteiger partial charge in [-0.3, -0.25) is 0 Å². The summed E-state index contributed by atoms with van der Waals surface area (Å²) < 4.78 is 0. The molecule has 0 aliphatic heterocycles. The van der Waals surface area contributed by atoms with Gasteiger partial charge in [-0.2, -0.15) is 0 Å². The van der Waals surface area contributed by atoms with Gasteiger partial charge in [0.1, 0.15) is 0 Å². The van der Waals surface area contributed by atoms with Gasteiger partial charge in [0, 0.05) is 7.05 Å². The molecule has 1 fully saturated rings. The van der Waals surface area contributed by atoms with Crippen molar-refractivity contribution in [1.82, 2.24) is 0 Å². The zero-order valence-corrected chi connectivity index (χ0v) is 13.4. The Morgan fingerprint density at radius 2 is 1.86 bits per heavy atom. The molecule has 5 unspecified atom stereocenters. The van der Waals surface area contributed by atoms with Crippen LogP contribution in [-0.4, -0.2) is 46.9 Å². The maximum Gasteiger partial charge on any atom is 0.0599 e. The van der Waals surface area contributed by atoms with Gasteiger partial charge in [0.05, 0.1) is 18.3 Å². The van der Waals surface area contributed by atoms with E-state index in [0.717, 1.165) is 32.1 Å². The van der Waals surface area contributed by atoms with E-state index in [0.29, 0.717) is 12.8 Å². The molecule has 5 atom stereocenters. The van der Waals surface area contributed by atoms with Gasteiger partial charge in [0.25, 0.3) is 0 Å². The molecule has 1 rings (SSSR count). The molecule has 0 aromatic carbocycles. The third-order valence-electron chi connectivity index (χ3n) is 4.40. The van der Waals surface area contributed by atoms with Crippen LogP contribution in [0.1, 0.15) is 51.9 Å². The molecule has 0 saturated heterocycles. The summed E-state index contributed by atoms with van der Waals surface area (Å²) in [6, 6.07) is 0. The van der Waals surface area contributed by atoms with E-state index >= 15 is 0 Å². The number of aliphatic hydroxyl groups excluding tert-OH is 3. The Hall–Kier alpha value is -0.710. The third-order valence-corrected chi connectivity index (χ3v) is 4.40. The van der Waals surface area contributed by atoms with E-state index in [2.05, 4.69) is 17.1 Å². The van der Waals surface area contributed by atoms with Crippen LogP contribution in [0.15, 0.2) is 17.1 Å². The van der Waals surface area contributed by atoms with Crippen molar-refractivity contribution < 1.29 is 15.3 Å². The van der Waals surface area contributed by atoms with Crippen LogP contribution in [0.2, 0.25) is 0 Å². The molecule has 0 aromatic heterocycles. The van der Waals surface area contributed by atoms with E-state index in [1.54, 1.807) is 14.0 Å². The minimum atomic E-state index is -0.432. The Balaban J connectivity index is 2.36. The molecule has 0 amide bonds. The molecule has 0 radical (unpaired) electrons. The summed E-state index contributed by atoms with van der Waals surface area (Å²) in [6.45, 7) is 1.77. The van der Waals surface area contributed by atoms with Gasteiger partial charge in [0.2, 0.25) is 0 Å². The Kier molecular flexibility index (Phi) is 8.81. The summed E-state index contributed by atoms with van der Waals surface area (Å²) in [5.74, 6) is 0.221. The predicted molar refractivity (Wildman–Crippen MR) is 86.5 cm³/mol. The van der Waals surface area contributed by atoms with Crippen molar-refractivity contribution in [3.05, 3.63) is 12.2 Å². The van der Waals surface area contributed by atoms with Gasteiger partial charge in [-0.15, -0.1) is 0 Å². The summed E-state index contributed by atoms with van der Waals surface area (Å²) in [5.41, 5.74) is 0. The fourth-order valence-electron chi connectivity index (χ4n) is 3.17. The van der Waals surface area contributed by atoms with Crippen LogP contribution in [0.25, 0.3) is 0 Å². The van der Waals surface area contributed by atoms with Crippen LogP contribution in [-0.2, 0) is 0 Å². The minimum Gasteiger partial charge on any atom is -0.393 e. The first-order chi connectivity index (χ1) is 10.1.